The molecule has 136 valence electrons. The number of nitrogens with one attached hydrogen (secondary N) is 2. The minimum Gasteiger partial charge on any atom is -0.454 e. The molecule has 0 spiro atoms. The zero-order chi connectivity index (χ0) is 18.6. The third kappa shape index (κ3) is 3.95. The lowest BCUT2D eigenvalue weighted by atomic mass is 10.2. The van der Waals surface area contributed by atoms with Crippen molar-refractivity contribution in [1.29, 1.82) is 0 Å². The number of ether oxygens (including phenoxy) is 2. The van der Waals surface area contributed by atoms with Crippen molar-refractivity contribution in [3.63, 3.8) is 0 Å². The van der Waals surface area contributed by atoms with E-state index in [-0.39, 0.29) is 18.5 Å². The van der Waals surface area contributed by atoms with Gasteiger partial charge in [-0.3, -0.25) is 4.79 Å². The highest BCUT2D eigenvalue weighted by molar-refractivity contribution is 5.93. The summed E-state index contributed by atoms with van der Waals surface area (Å²) in [4.78, 5) is 20.5. The van der Waals surface area contributed by atoms with Gasteiger partial charge in [-0.15, -0.1) is 0 Å². The van der Waals surface area contributed by atoms with Gasteiger partial charge in [0.05, 0.1) is 5.56 Å². The van der Waals surface area contributed by atoms with Crippen LogP contribution >= 0.6 is 0 Å². The second-order valence-corrected chi connectivity index (χ2v) is 5.80. The van der Waals surface area contributed by atoms with Crippen LogP contribution in [0.3, 0.4) is 0 Å². The number of hydrogen-bond donors (Lipinski definition) is 2. The maximum atomic E-state index is 12.9. The Morgan fingerprint density at radius 1 is 1.04 bits per heavy atom. The van der Waals surface area contributed by atoms with E-state index in [4.69, 9.17) is 9.47 Å². The van der Waals surface area contributed by atoms with Crippen molar-refractivity contribution in [3.8, 4) is 11.5 Å². The molecule has 2 N–H and O–H groups in total. The molecule has 0 saturated carbocycles. The van der Waals surface area contributed by atoms with E-state index in [1.807, 2.05) is 18.2 Å². The van der Waals surface area contributed by atoms with Gasteiger partial charge < -0.3 is 20.1 Å². The van der Waals surface area contributed by atoms with Crippen LogP contribution in [0.4, 0.5) is 16.0 Å². The first-order chi connectivity index (χ1) is 13.2. The number of hydrogen-bond acceptors (Lipinski definition) is 6. The van der Waals surface area contributed by atoms with E-state index in [0.29, 0.717) is 35.2 Å². The topological polar surface area (TPSA) is 85.4 Å². The van der Waals surface area contributed by atoms with Gasteiger partial charge in [0.25, 0.3) is 5.91 Å². The van der Waals surface area contributed by atoms with Gasteiger partial charge in [0.1, 0.15) is 5.82 Å². The van der Waals surface area contributed by atoms with E-state index in [1.165, 1.54) is 24.5 Å². The van der Waals surface area contributed by atoms with Crippen LogP contribution in [0, 0.1) is 5.82 Å². The zero-order valence-corrected chi connectivity index (χ0v) is 14.1. The van der Waals surface area contributed by atoms with Crippen molar-refractivity contribution in [3.05, 3.63) is 71.8 Å². The highest BCUT2D eigenvalue weighted by Gasteiger charge is 2.14. The van der Waals surface area contributed by atoms with Gasteiger partial charge in [-0.1, -0.05) is 6.07 Å². The number of fused-ring (bicyclic) bond motifs is 1. The Labute approximate surface area is 154 Å². The van der Waals surface area contributed by atoms with Crippen LogP contribution in [0.2, 0.25) is 0 Å². The van der Waals surface area contributed by atoms with Gasteiger partial charge >= 0.3 is 0 Å². The largest absolute Gasteiger partial charge is 0.454 e. The summed E-state index contributed by atoms with van der Waals surface area (Å²) in [6.07, 6.45) is 2.85. The van der Waals surface area contributed by atoms with Gasteiger partial charge in [-0.05, 0) is 42.0 Å². The highest BCUT2D eigenvalue weighted by atomic mass is 19.1. The van der Waals surface area contributed by atoms with Crippen LogP contribution in [-0.4, -0.2) is 22.7 Å². The third-order valence-corrected chi connectivity index (χ3v) is 3.90. The average Bonchev–Trinajstić information content (AvgIpc) is 3.16. The highest BCUT2D eigenvalue weighted by Crippen LogP contribution is 2.32. The smallest absolute Gasteiger partial charge is 0.254 e. The molecule has 1 aliphatic heterocycles. The lowest BCUT2D eigenvalue weighted by molar-refractivity contribution is 0.0950. The molecule has 27 heavy (non-hydrogen) atoms. The minimum absolute atomic E-state index is 0.209. The minimum atomic E-state index is -0.323. The number of anilines is 2. The number of rotatable bonds is 5. The van der Waals surface area contributed by atoms with Crippen LogP contribution in [0.5, 0.6) is 11.5 Å². The number of halogens is 1. The van der Waals surface area contributed by atoms with Crippen LogP contribution < -0.4 is 20.1 Å². The lowest BCUT2D eigenvalue weighted by Crippen LogP contribution is -2.23. The molecule has 0 bridgehead atoms. The molecular weight excluding hydrogens is 351 g/mol. The van der Waals surface area contributed by atoms with E-state index in [2.05, 4.69) is 20.6 Å². The number of nitrogens with zero attached hydrogens (tertiary/aromatic N) is 2. The molecule has 0 atom stereocenters. The maximum absolute atomic E-state index is 12.9. The van der Waals surface area contributed by atoms with Crippen molar-refractivity contribution in [2.75, 3.05) is 12.1 Å². The molecule has 0 saturated heterocycles. The fourth-order valence-corrected chi connectivity index (χ4v) is 2.51. The first-order valence-electron chi connectivity index (χ1n) is 8.19. The Kier molecular flexibility index (Phi) is 4.52. The van der Waals surface area contributed by atoms with Crippen LogP contribution in [0.1, 0.15) is 15.9 Å². The van der Waals surface area contributed by atoms with E-state index >= 15 is 0 Å². The Morgan fingerprint density at radius 3 is 2.56 bits per heavy atom. The van der Waals surface area contributed by atoms with Gasteiger partial charge in [0, 0.05) is 24.6 Å². The fourth-order valence-electron chi connectivity index (χ4n) is 2.51. The predicted octanol–water partition coefficient (Wildman–Crippen LogP) is 3.02. The summed E-state index contributed by atoms with van der Waals surface area (Å²) < 4.78 is 23.5. The number of carbonyl (C=O) groups excluding carboxylic acids is 1. The molecule has 2 heterocycles. The number of aromatic nitrogens is 2. The molecule has 7 nitrogen and oxygen atoms in total. The summed E-state index contributed by atoms with van der Waals surface area (Å²) in [7, 11) is 0. The quantitative estimate of drug-likeness (QED) is 0.722. The summed E-state index contributed by atoms with van der Waals surface area (Å²) in [6, 6.07) is 11.3. The van der Waals surface area contributed by atoms with Crippen molar-refractivity contribution >= 4 is 17.5 Å². The van der Waals surface area contributed by atoms with Crippen LogP contribution in [-0.2, 0) is 6.54 Å². The molecule has 1 amide bonds. The van der Waals surface area contributed by atoms with Gasteiger partial charge in [0.15, 0.2) is 11.5 Å². The Hall–Kier alpha value is -3.68. The van der Waals surface area contributed by atoms with Crippen molar-refractivity contribution in [1.82, 2.24) is 15.3 Å². The van der Waals surface area contributed by atoms with Crippen molar-refractivity contribution < 1.29 is 18.7 Å². The Bertz CT molecular complexity index is 962. The molecular formula is C19H15FN4O3. The number of amides is 1. The number of benzene rings is 2. The summed E-state index contributed by atoms with van der Waals surface area (Å²) in [5, 5.41) is 5.74. The number of carbonyl (C=O) groups is 1. The van der Waals surface area contributed by atoms with E-state index in [1.54, 1.807) is 12.1 Å². The van der Waals surface area contributed by atoms with Gasteiger partial charge in [-0.2, -0.15) is 0 Å². The summed E-state index contributed by atoms with van der Waals surface area (Å²) >= 11 is 0. The van der Waals surface area contributed by atoms with Crippen LogP contribution in [0.25, 0.3) is 0 Å². The molecule has 8 heteroatoms. The summed E-state index contributed by atoms with van der Waals surface area (Å²) in [5.74, 6) is 1.06. The predicted molar refractivity (Wildman–Crippen MR) is 95.4 cm³/mol. The SMILES string of the molecule is O=C(NCc1ccc2c(c1)OCO2)c1cnc(Nc2ccc(F)cc2)nc1. The average molecular weight is 366 g/mol. The first-order valence-corrected chi connectivity index (χ1v) is 8.19. The second kappa shape index (κ2) is 7.28. The Morgan fingerprint density at radius 2 is 1.78 bits per heavy atom. The molecule has 4 rings (SSSR count). The molecule has 0 unspecified atom stereocenters. The van der Waals surface area contributed by atoms with Crippen molar-refractivity contribution in [2.24, 2.45) is 0 Å². The van der Waals surface area contributed by atoms with E-state index in [0.717, 1.165) is 5.56 Å². The van der Waals surface area contributed by atoms with Gasteiger partial charge in [0.2, 0.25) is 12.7 Å². The standard InChI is InChI=1S/C19H15FN4O3/c20-14-2-4-15(5-3-14)24-19-22-9-13(10-23-19)18(25)21-8-12-1-6-16-17(7-12)27-11-26-16/h1-7,9-10H,8,11H2,(H,21,25)(H,22,23,24). The monoisotopic (exact) mass is 366 g/mol. The Balaban J connectivity index is 1.35. The van der Waals surface area contributed by atoms with E-state index < -0.39 is 0 Å². The first kappa shape index (κ1) is 16.8. The molecule has 1 aliphatic rings. The zero-order valence-electron chi connectivity index (χ0n) is 14.1. The molecule has 1 aromatic heterocycles. The second-order valence-electron chi connectivity index (χ2n) is 5.80. The lowest BCUT2D eigenvalue weighted by Gasteiger charge is -2.07. The normalized spacial score (nSPS) is 11.9. The molecule has 2 aromatic carbocycles. The summed E-state index contributed by atoms with van der Waals surface area (Å²) in [6.45, 7) is 0.547. The van der Waals surface area contributed by atoms with Gasteiger partial charge in [-0.25, -0.2) is 14.4 Å². The maximum Gasteiger partial charge on any atom is 0.254 e. The van der Waals surface area contributed by atoms with Crippen LogP contribution in [0.15, 0.2) is 54.9 Å². The van der Waals surface area contributed by atoms with Crippen molar-refractivity contribution in [2.45, 2.75) is 6.54 Å². The molecule has 0 aliphatic carbocycles. The molecule has 3 aromatic rings. The third-order valence-electron chi connectivity index (χ3n) is 3.90. The molecule has 0 radical (unpaired) electrons. The van der Waals surface area contributed by atoms with E-state index in [9.17, 15) is 9.18 Å². The summed E-state index contributed by atoms with van der Waals surface area (Å²) in [5.41, 5.74) is 1.87. The fraction of sp³-hybridized carbons (Fsp3) is 0.105. The molecule has 0 fully saturated rings.